The Kier molecular flexibility index (Phi) is 5.74. The Bertz CT molecular complexity index is 1260. The van der Waals surface area contributed by atoms with E-state index in [-0.39, 0.29) is 21.2 Å². The van der Waals surface area contributed by atoms with E-state index in [0.29, 0.717) is 5.02 Å². The minimum atomic E-state index is -4.05. The number of phenols is 1. The van der Waals surface area contributed by atoms with E-state index >= 15 is 0 Å². The van der Waals surface area contributed by atoms with Gasteiger partial charge in [-0.2, -0.15) is 0 Å². The lowest BCUT2D eigenvalue weighted by Gasteiger charge is -2.13. The zero-order valence-electron chi connectivity index (χ0n) is 15.1. The van der Waals surface area contributed by atoms with E-state index in [1.54, 1.807) is 24.3 Å². The first kappa shape index (κ1) is 21.0. The Morgan fingerprint density at radius 3 is 2.07 bits per heavy atom. The second kappa shape index (κ2) is 7.94. The minimum absolute atomic E-state index is 0.0205. The van der Waals surface area contributed by atoms with Gasteiger partial charge in [0.2, 0.25) is 0 Å². The van der Waals surface area contributed by atoms with Gasteiger partial charge in [-0.25, -0.2) is 16.8 Å². The summed E-state index contributed by atoms with van der Waals surface area (Å²) < 4.78 is 54.9. The average Bonchev–Trinajstić information content (AvgIpc) is 2.63. The summed E-state index contributed by atoms with van der Waals surface area (Å²) in [5, 5.41) is 10.4. The molecule has 0 radical (unpaired) electrons. The molecule has 10 heteroatoms. The molecule has 7 nitrogen and oxygen atoms in total. The van der Waals surface area contributed by atoms with E-state index < -0.39 is 25.8 Å². The van der Waals surface area contributed by atoms with Crippen molar-refractivity contribution in [2.24, 2.45) is 0 Å². The van der Waals surface area contributed by atoms with Gasteiger partial charge in [0.15, 0.2) is 0 Å². The Morgan fingerprint density at radius 1 is 0.793 bits per heavy atom. The number of aromatic hydroxyl groups is 1. The van der Waals surface area contributed by atoms with Crippen molar-refractivity contribution >= 4 is 43.0 Å². The van der Waals surface area contributed by atoms with Crippen LogP contribution in [0.5, 0.6) is 5.75 Å². The van der Waals surface area contributed by atoms with Crippen molar-refractivity contribution in [3.8, 4) is 5.75 Å². The summed E-state index contributed by atoms with van der Waals surface area (Å²) in [6.07, 6.45) is 0. The summed E-state index contributed by atoms with van der Waals surface area (Å²) in [5.74, 6) is -0.414. The van der Waals surface area contributed by atoms with Crippen molar-refractivity contribution in [2.45, 2.75) is 16.7 Å². The fourth-order valence-electron chi connectivity index (χ4n) is 2.45. The van der Waals surface area contributed by atoms with Crippen LogP contribution in [0.4, 0.5) is 11.4 Å². The Labute approximate surface area is 174 Å². The van der Waals surface area contributed by atoms with E-state index in [2.05, 4.69) is 9.44 Å². The molecular formula is C19H17ClN2O5S2. The number of anilines is 2. The van der Waals surface area contributed by atoms with Crippen molar-refractivity contribution in [1.29, 1.82) is 0 Å². The van der Waals surface area contributed by atoms with Gasteiger partial charge in [0.05, 0.1) is 21.2 Å². The molecule has 0 aliphatic rings. The molecule has 3 rings (SSSR count). The summed E-state index contributed by atoms with van der Waals surface area (Å²) in [5.41, 5.74) is 0.860. The van der Waals surface area contributed by atoms with Gasteiger partial charge in [-0.3, -0.25) is 9.44 Å². The molecule has 3 N–H and O–H groups in total. The van der Waals surface area contributed by atoms with Crippen molar-refractivity contribution in [3.63, 3.8) is 0 Å². The monoisotopic (exact) mass is 452 g/mol. The smallest absolute Gasteiger partial charge is 0.262 e. The van der Waals surface area contributed by atoms with Gasteiger partial charge in [-0.1, -0.05) is 35.4 Å². The summed E-state index contributed by atoms with van der Waals surface area (Å²) >= 11 is 5.86. The maximum Gasteiger partial charge on any atom is 0.262 e. The highest BCUT2D eigenvalue weighted by molar-refractivity contribution is 7.93. The number of phenolic OH excluding ortho intramolecular Hbond substituents is 1. The van der Waals surface area contributed by atoms with Crippen LogP contribution in [0.1, 0.15) is 5.56 Å². The first-order chi connectivity index (χ1) is 13.6. The summed E-state index contributed by atoms with van der Waals surface area (Å²) in [7, 11) is -8.07. The van der Waals surface area contributed by atoms with Gasteiger partial charge < -0.3 is 5.11 Å². The zero-order valence-corrected chi connectivity index (χ0v) is 17.5. The molecular weight excluding hydrogens is 436 g/mol. The number of hydrogen-bond donors (Lipinski definition) is 3. The number of benzene rings is 3. The third kappa shape index (κ3) is 5.00. The zero-order chi connectivity index (χ0) is 21.2. The van der Waals surface area contributed by atoms with Crippen LogP contribution < -0.4 is 9.44 Å². The number of nitrogens with one attached hydrogen (secondary N) is 2. The van der Waals surface area contributed by atoms with Gasteiger partial charge in [0, 0.05) is 5.02 Å². The molecule has 0 unspecified atom stereocenters. The van der Waals surface area contributed by atoms with Crippen molar-refractivity contribution in [2.75, 3.05) is 9.44 Å². The summed E-state index contributed by atoms with van der Waals surface area (Å²) in [6.45, 7) is 1.82. The molecule has 0 saturated carbocycles. The summed E-state index contributed by atoms with van der Waals surface area (Å²) in [4.78, 5) is -0.260. The average molecular weight is 453 g/mol. The third-order valence-electron chi connectivity index (χ3n) is 3.93. The van der Waals surface area contributed by atoms with Gasteiger partial charge in [0.25, 0.3) is 20.0 Å². The number of sulfonamides is 2. The van der Waals surface area contributed by atoms with E-state index in [1.165, 1.54) is 24.3 Å². The molecule has 0 bridgehead atoms. The Morgan fingerprint density at radius 2 is 1.41 bits per heavy atom. The van der Waals surface area contributed by atoms with Crippen LogP contribution in [-0.4, -0.2) is 21.9 Å². The Hall–Kier alpha value is -2.75. The molecule has 0 aliphatic heterocycles. The normalized spacial score (nSPS) is 11.8. The lowest BCUT2D eigenvalue weighted by atomic mass is 10.2. The van der Waals surface area contributed by atoms with Gasteiger partial charge in [0.1, 0.15) is 5.75 Å². The molecule has 0 fully saturated rings. The fraction of sp³-hybridized carbons (Fsp3) is 0.0526. The van der Waals surface area contributed by atoms with Crippen LogP contribution in [0.3, 0.4) is 0 Å². The highest BCUT2D eigenvalue weighted by atomic mass is 35.5. The number of rotatable bonds is 6. The topological polar surface area (TPSA) is 113 Å². The van der Waals surface area contributed by atoms with Gasteiger partial charge in [-0.15, -0.1) is 0 Å². The molecule has 0 amide bonds. The molecule has 0 heterocycles. The standard InChI is InChI=1S/C19H17ClN2O5S2/c1-13-5-7-16(8-6-13)28(24,25)22-18-12-17(9-10-19(18)23)29(26,27)21-15-4-2-3-14(20)11-15/h2-12,21-23H,1H3. The molecule has 0 aromatic heterocycles. The molecule has 29 heavy (non-hydrogen) atoms. The maximum atomic E-state index is 12.6. The van der Waals surface area contributed by atoms with Crippen molar-refractivity contribution in [3.05, 3.63) is 77.3 Å². The quantitative estimate of drug-likeness (QED) is 0.490. The van der Waals surface area contributed by atoms with E-state index in [0.717, 1.165) is 23.8 Å². The van der Waals surface area contributed by atoms with Crippen LogP contribution in [-0.2, 0) is 20.0 Å². The molecule has 0 spiro atoms. The minimum Gasteiger partial charge on any atom is -0.506 e. The molecule has 3 aromatic rings. The number of halogens is 1. The second-order valence-corrected chi connectivity index (χ2v) is 10.0. The van der Waals surface area contributed by atoms with Crippen LogP contribution in [0, 0.1) is 6.92 Å². The van der Waals surface area contributed by atoms with E-state index in [4.69, 9.17) is 11.6 Å². The SMILES string of the molecule is Cc1ccc(S(=O)(=O)Nc2cc(S(=O)(=O)Nc3cccc(Cl)c3)ccc2O)cc1. The first-order valence-corrected chi connectivity index (χ1v) is 11.6. The van der Waals surface area contributed by atoms with E-state index in [9.17, 15) is 21.9 Å². The predicted octanol–water partition coefficient (Wildman–Crippen LogP) is 3.96. The van der Waals surface area contributed by atoms with Crippen LogP contribution in [0.15, 0.2) is 76.5 Å². The molecule has 152 valence electrons. The lowest BCUT2D eigenvalue weighted by molar-refractivity contribution is 0.477. The van der Waals surface area contributed by atoms with Gasteiger partial charge >= 0.3 is 0 Å². The highest BCUT2D eigenvalue weighted by Gasteiger charge is 2.20. The number of hydrogen-bond acceptors (Lipinski definition) is 5. The molecule has 0 atom stereocenters. The lowest BCUT2D eigenvalue weighted by Crippen LogP contribution is -2.15. The predicted molar refractivity (Wildman–Crippen MR) is 112 cm³/mol. The summed E-state index contributed by atoms with van der Waals surface area (Å²) in [6, 6.07) is 15.5. The van der Waals surface area contributed by atoms with Gasteiger partial charge in [-0.05, 0) is 55.5 Å². The molecule has 0 aliphatic carbocycles. The third-order valence-corrected chi connectivity index (χ3v) is 6.93. The van der Waals surface area contributed by atoms with Crippen LogP contribution >= 0.6 is 11.6 Å². The number of aryl methyl sites for hydroxylation is 1. The van der Waals surface area contributed by atoms with E-state index in [1.807, 2.05) is 6.92 Å². The van der Waals surface area contributed by atoms with Crippen LogP contribution in [0.2, 0.25) is 5.02 Å². The molecule has 3 aromatic carbocycles. The highest BCUT2D eigenvalue weighted by Crippen LogP contribution is 2.30. The fourth-order valence-corrected chi connectivity index (χ4v) is 4.78. The first-order valence-electron chi connectivity index (χ1n) is 8.28. The molecule has 0 saturated heterocycles. The maximum absolute atomic E-state index is 12.6. The van der Waals surface area contributed by atoms with Crippen molar-refractivity contribution < 1.29 is 21.9 Å². The Balaban J connectivity index is 1.92. The largest absolute Gasteiger partial charge is 0.506 e. The van der Waals surface area contributed by atoms with Crippen molar-refractivity contribution in [1.82, 2.24) is 0 Å². The van der Waals surface area contributed by atoms with Crippen LogP contribution in [0.25, 0.3) is 0 Å². The second-order valence-electron chi connectivity index (χ2n) is 6.21.